The number of nitrogens with zero attached hydrogens (tertiary/aromatic N) is 2. The summed E-state index contributed by atoms with van der Waals surface area (Å²) in [4.78, 5) is 15.6. The second-order valence-electron chi connectivity index (χ2n) is 12.9. The van der Waals surface area contributed by atoms with Crippen LogP contribution < -0.4 is 15.4 Å². The summed E-state index contributed by atoms with van der Waals surface area (Å²) < 4.78 is 74.3. The molecule has 1 aliphatic heterocycles. The standard InChI is InChI=1S/C35H40Cl2F2N4O5S2/c1-3-34(4-2)16-15-26(30(22-34)24-5-9-27(36)10-6-24)23-42-17-19-43(20-18-42)28-11-7-25(8-12-28)33(44)41-50(47,48)29-13-14-31(40)32(21-29)49(45,46)35(37,38)39/h5-14,21H,3-4,15-20,22-23,40H2,1-2H3,(H,41,44). The van der Waals surface area contributed by atoms with Crippen molar-refractivity contribution in [2.45, 2.75) is 60.5 Å². The zero-order chi connectivity index (χ0) is 36.5. The van der Waals surface area contributed by atoms with Crippen LogP contribution in [-0.4, -0.2) is 65.1 Å². The van der Waals surface area contributed by atoms with Gasteiger partial charge in [-0.2, -0.15) is 8.78 Å². The number of amides is 1. The van der Waals surface area contributed by atoms with Crippen LogP contribution >= 0.6 is 23.2 Å². The number of sulfonamides is 1. The normalized spacial score (nSPS) is 17.5. The molecule has 0 radical (unpaired) electrons. The quantitative estimate of drug-likeness (QED) is 0.155. The summed E-state index contributed by atoms with van der Waals surface area (Å²) >= 11 is 10.9. The molecule has 3 aromatic carbocycles. The van der Waals surface area contributed by atoms with Gasteiger partial charge < -0.3 is 10.6 Å². The number of hydrogen-bond acceptors (Lipinski definition) is 8. The van der Waals surface area contributed by atoms with E-state index in [9.17, 15) is 30.4 Å². The lowest BCUT2D eigenvalue weighted by Gasteiger charge is -2.41. The predicted molar refractivity (Wildman–Crippen MR) is 194 cm³/mol. The lowest BCUT2D eigenvalue weighted by molar-refractivity contribution is 0.0981. The van der Waals surface area contributed by atoms with Gasteiger partial charge in [-0.25, -0.2) is 21.6 Å². The number of nitrogens with two attached hydrogens (primary N) is 1. The average molecular weight is 770 g/mol. The number of carbonyl (C=O) groups excluding carboxylic acids is 1. The molecule has 9 nitrogen and oxygen atoms in total. The molecule has 270 valence electrons. The Kier molecular flexibility index (Phi) is 11.2. The van der Waals surface area contributed by atoms with Crippen LogP contribution in [0.5, 0.6) is 0 Å². The number of piperazine rings is 1. The van der Waals surface area contributed by atoms with Crippen molar-refractivity contribution in [3.05, 3.63) is 88.5 Å². The molecule has 3 aromatic rings. The smallest absolute Gasteiger partial charge is 0.398 e. The Bertz CT molecular complexity index is 1970. The van der Waals surface area contributed by atoms with E-state index >= 15 is 0 Å². The van der Waals surface area contributed by atoms with Gasteiger partial charge in [-0.15, -0.1) is 0 Å². The fourth-order valence-corrected chi connectivity index (χ4v) is 9.04. The zero-order valence-corrected chi connectivity index (χ0v) is 30.9. The molecule has 1 fully saturated rings. The number of hydrogen-bond donors (Lipinski definition) is 2. The van der Waals surface area contributed by atoms with Gasteiger partial charge in [0.1, 0.15) is 0 Å². The third kappa shape index (κ3) is 8.12. The van der Waals surface area contributed by atoms with E-state index in [2.05, 4.69) is 35.8 Å². The van der Waals surface area contributed by atoms with E-state index in [0.717, 1.165) is 81.2 Å². The molecule has 0 spiro atoms. The summed E-state index contributed by atoms with van der Waals surface area (Å²) in [6, 6.07) is 16.8. The number of nitrogens with one attached hydrogen (secondary N) is 1. The third-order valence-electron chi connectivity index (χ3n) is 10.0. The van der Waals surface area contributed by atoms with Gasteiger partial charge in [-0.3, -0.25) is 9.69 Å². The maximum Gasteiger partial charge on any atom is 0.427 e. The molecule has 0 atom stereocenters. The molecule has 1 amide bonds. The first-order chi connectivity index (χ1) is 23.5. The van der Waals surface area contributed by atoms with Crippen molar-refractivity contribution in [1.82, 2.24) is 9.62 Å². The zero-order valence-electron chi connectivity index (χ0n) is 27.8. The second kappa shape index (κ2) is 14.8. The molecule has 0 aromatic heterocycles. The van der Waals surface area contributed by atoms with Crippen LogP contribution in [-0.2, 0) is 19.9 Å². The number of alkyl halides is 3. The molecule has 0 unspecified atom stereocenters. The first-order valence-electron chi connectivity index (χ1n) is 16.3. The molecule has 50 heavy (non-hydrogen) atoms. The highest BCUT2D eigenvalue weighted by Gasteiger charge is 2.45. The Morgan fingerprint density at radius 2 is 1.56 bits per heavy atom. The molecule has 1 aliphatic carbocycles. The molecule has 5 rings (SSSR count). The molecule has 0 bridgehead atoms. The highest BCUT2D eigenvalue weighted by atomic mass is 35.5. The Balaban J connectivity index is 1.23. The van der Waals surface area contributed by atoms with Crippen molar-refractivity contribution in [3.8, 4) is 0 Å². The van der Waals surface area contributed by atoms with Crippen molar-refractivity contribution in [3.63, 3.8) is 0 Å². The van der Waals surface area contributed by atoms with Crippen molar-refractivity contribution in [2.24, 2.45) is 5.41 Å². The van der Waals surface area contributed by atoms with E-state index in [0.29, 0.717) is 11.5 Å². The van der Waals surface area contributed by atoms with E-state index in [1.807, 2.05) is 16.9 Å². The molecular formula is C35H40Cl2F2N4O5S2. The van der Waals surface area contributed by atoms with Crippen LogP contribution in [0.25, 0.3) is 5.57 Å². The van der Waals surface area contributed by atoms with Gasteiger partial charge in [0.05, 0.1) is 15.5 Å². The number of nitrogen functional groups attached to an aromatic ring is 1. The average Bonchev–Trinajstić information content (AvgIpc) is 3.08. The molecule has 2 aliphatic rings. The summed E-state index contributed by atoms with van der Waals surface area (Å²) in [5.41, 5.74) is 10.3. The fourth-order valence-electron chi connectivity index (χ4n) is 6.68. The number of carbonyl (C=O) groups is 1. The molecule has 1 saturated heterocycles. The number of allylic oxidation sites excluding steroid dienone is 1. The van der Waals surface area contributed by atoms with Crippen LogP contribution in [0.2, 0.25) is 5.02 Å². The predicted octanol–water partition coefficient (Wildman–Crippen LogP) is 7.17. The maximum absolute atomic E-state index is 13.5. The van der Waals surface area contributed by atoms with E-state index in [4.69, 9.17) is 28.9 Å². The molecular weight excluding hydrogens is 729 g/mol. The Hall–Kier alpha value is -3.23. The molecule has 15 heteroatoms. The lowest BCUT2D eigenvalue weighted by atomic mass is 9.67. The van der Waals surface area contributed by atoms with Crippen molar-refractivity contribution in [2.75, 3.05) is 43.4 Å². The van der Waals surface area contributed by atoms with Gasteiger partial charge in [0.2, 0.25) is 0 Å². The minimum atomic E-state index is -5.50. The van der Waals surface area contributed by atoms with Crippen molar-refractivity contribution in [1.29, 1.82) is 0 Å². The molecule has 3 N–H and O–H groups in total. The van der Waals surface area contributed by atoms with Gasteiger partial charge in [0.15, 0.2) is 0 Å². The van der Waals surface area contributed by atoms with E-state index in [-0.39, 0.29) is 5.56 Å². The van der Waals surface area contributed by atoms with Crippen molar-refractivity contribution >= 4 is 65.9 Å². The lowest BCUT2D eigenvalue weighted by Crippen LogP contribution is -2.47. The van der Waals surface area contributed by atoms with Crippen molar-refractivity contribution < 1.29 is 30.4 Å². The highest BCUT2D eigenvalue weighted by molar-refractivity contribution is 7.94. The van der Waals surface area contributed by atoms with Crippen LogP contribution in [0.1, 0.15) is 61.9 Å². The minimum absolute atomic E-state index is 0.0285. The van der Waals surface area contributed by atoms with E-state index < -0.39 is 46.0 Å². The summed E-state index contributed by atoms with van der Waals surface area (Å²) in [5.74, 6) is -0.988. The summed E-state index contributed by atoms with van der Waals surface area (Å²) in [6.45, 7) is 8.70. The van der Waals surface area contributed by atoms with Gasteiger partial charge in [0, 0.05) is 49.0 Å². The molecule has 0 saturated carbocycles. The summed E-state index contributed by atoms with van der Waals surface area (Å²) in [5, 5.41) is 0.727. The van der Waals surface area contributed by atoms with Crippen LogP contribution in [0.3, 0.4) is 0 Å². The first-order valence-corrected chi connectivity index (χ1v) is 20.0. The Morgan fingerprint density at radius 1 is 0.940 bits per heavy atom. The number of rotatable bonds is 11. The number of anilines is 2. The second-order valence-corrected chi connectivity index (χ2v) is 17.6. The number of sulfone groups is 1. The largest absolute Gasteiger partial charge is 0.427 e. The van der Waals surface area contributed by atoms with Gasteiger partial charge in [-0.1, -0.05) is 56.0 Å². The SMILES string of the molecule is CCC1(CC)CCC(CN2CCN(c3ccc(C(=O)NS(=O)(=O)c4ccc(N)c(S(=O)(=O)C(F)(F)Cl)c4)cc3)CC2)=C(c2ccc(Cl)cc2)C1. The van der Waals surface area contributed by atoms with Crippen LogP contribution in [0.15, 0.2) is 82.1 Å². The van der Waals surface area contributed by atoms with E-state index in [1.54, 1.807) is 12.1 Å². The van der Waals surface area contributed by atoms with Gasteiger partial charge in [-0.05, 0) is 102 Å². The molecule has 1 heterocycles. The monoisotopic (exact) mass is 768 g/mol. The van der Waals surface area contributed by atoms with E-state index in [1.165, 1.54) is 35.3 Å². The summed E-state index contributed by atoms with van der Waals surface area (Å²) in [6.07, 6.45) is 5.62. The maximum atomic E-state index is 13.5. The Labute approximate surface area is 302 Å². The van der Waals surface area contributed by atoms with Crippen LogP contribution in [0, 0.1) is 5.41 Å². The topological polar surface area (TPSA) is 130 Å². The summed E-state index contributed by atoms with van der Waals surface area (Å²) in [7, 11) is -10.2. The van der Waals surface area contributed by atoms with Gasteiger partial charge >= 0.3 is 4.71 Å². The third-order valence-corrected chi connectivity index (χ3v) is 13.8. The van der Waals surface area contributed by atoms with Gasteiger partial charge in [0.25, 0.3) is 25.8 Å². The first kappa shape index (κ1) is 38.0. The highest BCUT2D eigenvalue weighted by Crippen LogP contribution is 2.48. The number of halogens is 4. The minimum Gasteiger partial charge on any atom is -0.398 e. The van der Waals surface area contributed by atoms with Crippen LogP contribution in [0.4, 0.5) is 20.2 Å². The number of benzene rings is 3. The Morgan fingerprint density at radius 3 is 2.14 bits per heavy atom. The fraction of sp³-hybridized carbons (Fsp3) is 0.400.